The van der Waals surface area contributed by atoms with Crippen molar-refractivity contribution in [3.63, 3.8) is 0 Å². The molecule has 0 N–H and O–H groups in total. The third kappa shape index (κ3) is 4.44. The molecule has 190 valence electrons. The van der Waals surface area contributed by atoms with E-state index in [1.807, 2.05) is 36.4 Å². The van der Waals surface area contributed by atoms with Crippen LogP contribution in [0, 0.1) is 20.6 Å². The van der Waals surface area contributed by atoms with E-state index < -0.39 is 20.6 Å². The Balaban J connectivity index is 0.000000184. The second-order valence-electron chi connectivity index (χ2n) is 11.7. The van der Waals surface area contributed by atoms with Crippen LogP contribution in [0.2, 0.25) is 0 Å². The van der Waals surface area contributed by atoms with Crippen molar-refractivity contribution in [3.8, 4) is 0 Å². The van der Waals surface area contributed by atoms with Crippen LogP contribution in [0.15, 0.2) is 78.9 Å². The molecule has 2 heterocycles. The summed E-state index contributed by atoms with van der Waals surface area (Å²) < 4.78 is 73.2. The lowest BCUT2D eigenvalue weighted by Crippen LogP contribution is -2.21. The first kappa shape index (κ1) is 16.3. The second kappa shape index (κ2) is 8.80. The third-order valence-corrected chi connectivity index (χ3v) is 6.78. The Kier molecular flexibility index (Phi) is 3.89. The molecule has 0 radical (unpaired) electrons. The number of fused-ring (bicyclic) bond motifs is 6. The predicted octanol–water partition coefficient (Wildman–Crippen LogP) is 10.0. The van der Waals surface area contributed by atoms with Crippen molar-refractivity contribution in [2.75, 3.05) is 0 Å². The lowest BCUT2D eigenvalue weighted by atomic mass is 10.1. The highest BCUT2D eigenvalue weighted by Gasteiger charge is 2.21. The molecule has 0 fully saturated rings. The second-order valence-corrected chi connectivity index (χ2v) is 11.7. The van der Waals surface area contributed by atoms with E-state index >= 15 is 0 Å². The van der Waals surface area contributed by atoms with Gasteiger partial charge in [-0.15, -0.1) is 0 Å². The van der Waals surface area contributed by atoms with Gasteiger partial charge < -0.3 is 9.13 Å². The number of rotatable bonds is 0. The number of nitrogens with zero attached hydrogens (tertiary/aromatic N) is 2. The monoisotopic (exact) mass is 497 g/mol. The molecule has 37 heavy (non-hydrogen) atoms. The lowest BCUT2D eigenvalue weighted by molar-refractivity contribution is 0.423. The molecule has 0 aliphatic heterocycles. The predicted molar refractivity (Wildman–Crippen MR) is 163 cm³/mol. The molecular formula is C35H40N2. The molecular weight excluding hydrogens is 448 g/mol. The first-order valence-corrected chi connectivity index (χ1v) is 12.6. The summed E-state index contributed by atoms with van der Waals surface area (Å²) in [6, 6.07) is 23.8. The molecule has 2 aromatic heterocycles. The zero-order valence-electron chi connectivity index (χ0n) is 31.4. The average Bonchev–Trinajstić information content (AvgIpc) is 3.44. The van der Waals surface area contributed by atoms with Gasteiger partial charge in [0.2, 0.25) is 0 Å². The highest BCUT2D eigenvalue weighted by Crippen LogP contribution is 2.36. The minimum absolute atomic E-state index is 0.0666. The smallest absolute Gasteiger partial charge is 0.0496 e. The van der Waals surface area contributed by atoms with Gasteiger partial charge in [-0.1, -0.05) is 53.1 Å². The zero-order valence-corrected chi connectivity index (χ0v) is 22.4. The Morgan fingerprint density at radius 2 is 0.811 bits per heavy atom. The molecule has 0 unspecified atom stereocenters. The summed E-state index contributed by atoms with van der Waals surface area (Å²) in [7, 11) is 0. The van der Waals surface area contributed by atoms with Gasteiger partial charge in [-0.25, -0.2) is 0 Å². The van der Waals surface area contributed by atoms with E-state index in [2.05, 4.69) is 62.8 Å². The van der Waals surface area contributed by atoms with Crippen LogP contribution in [0.4, 0.5) is 0 Å². The van der Waals surface area contributed by atoms with Crippen LogP contribution >= 0.6 is 0 Å². The normalized spacial score (nSPS) is 17.1. The van der Waals surface area contributed by atoms with Crippen molar-refractivity contribution < 1.29 is 12.3 Å². The van der Waals surface area contributed by atoms with Crippen LogP contribution in [-0.2, 0) is 11.1 Å². The largest absolute Gasteiger partial charge is 0.335 e. The number of aryl methyl sites for hydroxylation is 3. The van der Waals surface area contributed by atoms with Gasteiger partial charge in [-0.3, -0.25) is 0 Å². The lowest BCUT2D eigenvalue weighted by Gasteiger charge is -2.24. The Bertz CT molecular complexity index is 2000. The standard InChI is InChI=1S/C18H21N.C17H19N/c1-12-6-8-16-14(10-12)15-11-13(2)7-9-17(15)19(16)18(3,4)5;1-12-9-10-16-14(11-12)13-7-5-6-8-15(13)18(16)17(2,3)4/h6-11H,1-5H3;5-11H,1-4H3/i1D3,2D3;1D3. The number of hydrogen-bond donors (Lipinski definition) is 0. The van der Waals surface area contributed by atoms with E-state index in [0.29, 0.717) is 5.56 Å². The van der Waals surface area contributed by atoms with Crippen LogP contribution < -0.4 is 0 Å². The van der Waals surface area contributed by atoms with E-state index in [4.69, 9.17) is 12.3 Å². The molecule has 2 heteroatoms. The summed E-state index contributed by atoms with van der Waals surface area (Å²) in [5, 5.41) is 3.65. The molecule has 0 aliphatic rings. The maximum absolute atomic E-state index is 7.66. The number of aromatic nitrogens is 2. The third-order valence-electron chi connectivity index (χ3n) is 6.78. The van der Waals surface area contributed by atoms with Gasteiger partial charge in [0.1, 0.15) is 0 Å². The quantitative estimate of drug-likeness (QED) is 0.197. The zero-order chi connectivity index (χ0) is 34.2. The Labute approximate surface area is 234 Å². The van der Waals surface area contributed by atoms with E-state index in [1.165, 1.54) is 0 Å². The van der Waals surface area contributed by atoms with Crippen molar-refractivity contribution in [3.05, 3.63) is 95.6 Å². The minimum atomic E-state index is -2.20. The van der Waals surface area contributed by atoms with Crippen LogP contribution in [0.1, 0.15) is 70.6 Å². The van der Waals surface area contributed by atoms with Gasteiger partial charge in [0.15, 0.2) is 0 Å². The molecule has 0 bridgehead atoms. The van der Waals surface area contributed by atoms with E-state index in [0.717, 1.165) is 43.6 Å². The van der Waals surface area contributed by atoms with Crippen molar-refractivity contribution in [2.45, 2.75) is 73.2 Å². The molecule has 6 aromatic rings. The summed E-state index contributed by atoms with van der Waals surface area (Å²) in [5.74, 6) is 0. The van der Waals surface area contributed by atoms with Crippen molar-refractivity contribution in [2.24, 2.45) is 0 Å². The summed E-state index contributed by atoms with van der Waals surface area (Å²) in [6.07, 6.45) is 0. The molecule has 4 aromatic carbocycles. The summed E-state index contributed by atoms with van der Waals surface area (Å²) >= 11 is 0. The Hall–Kier alpha value is -3.52. The topological polar surface area (TPSA) is 9.86 Å². The summed E-state index contributed by atoms with van der Waals surface area (Å²) in [4.78, 5) is 0. The highest BCUT2D eigenvalue weighted by molar-refractivity contribution is 6.09. The van der Waals surface area contributed by atoms with Gasteiger partial charge in [0.25, 0.3) is 0 Å². The number of hydrogen-bond acceptors (Lipinski definition) is 0. The molecule has 0 atom stereocenters. The Morgan fingerprint density at radius 1 is 0.459 bits per heavy atom. The maximum atomic E-state index is 7.66. The molecule has 2 nitrogen and oxygen atoms in total. The SMILES string of the molecule is [2H]C([2H])([2H])c1ccc2c(c1)c1cc(C([2H])([2H])[2H])ccc1n2C(C)(C)C.[2H]C([2H])([2H])c1ccc2c(c1)c1ccccc1n2C(C)(C)C. The fourth-order valence-electron chi connectivity index (χ4n) is 5.44. The van der Waals surface area contributed by atoms with Gasteiger partial charge in [0.05, 0.1) is 0 Å². The van der Waals surface area contributed by atoms with E-state index in [-0.39, 0.29) is 22.2 Å². The molecule has 0 saturated heterocycles. The number of benzene rings is 4. The van der Waals surface area contributed by atoms with Crippen molar-refractivity contribution in [1.82, 2.24) is 9.13 Å². The fraction of sp³-hybridized carbons (Fsp3) is 0.314. The number of para-hydroxylation sites is 1. The van der Waals surface area contributed by atoms with Gasteiger partial charge in [0, 0.05) is 67.0 Å². The molecule has 0 spiro atoms. The summed E-state index contributed by atoms with van der Waals surface area (Å²) in [6.45, 7) is 6.23. The molecule has 0 aliphatic carbocycles. The van der Waals surface area contributed by atoms with E-state index in [9.17, 15) is 0 Å². The Morgan fingerprint density at radius 3 is 1.19 bits per heavy atom. The maximum Gasteiger partial charge on any atom is 0.0496 e. The van der Waals surface area contributed by atoms with Crippen LogP contribution in [0.3, 0.4) is 0 Å². The van der Waals surface area contributed by atoms with Gasteiger partial charge in [-0.05, 0) is 105 Å². The average molecular weight is 498 g/mol. The highest BCUT2D eigenvalue weighted by atomic mass is 15.1. The summed E-state index contributed by atoms with van der Waals surface area (Å²) in [5.41, 5.74) is 4.63. The van der Waals surface area contributed by atoms with E-state index in [1.54, 1.807) is 30.3 Å². The fourth-order valence-corrected chi connectivity index (χ4v) is 5.44. The van der Waals surface area contributed by atoms with Crippen LogP contribution in [0.25, 0.3) is 43.6 Å². The van der Waals surface area contributed by atoms with Crippen LogP contribution in [0.5, 0.6) is 0 Å². The molecule has 0 saturated carbocycles. The minimum Gasteiger partial charge on any atom is -0.335 e. The van der Waals surface area contributed by atoms with Crippen molar-refractivity contribution in [1.29, 1.82) is 0 Å². The van der Waals surface area contributed by atoms with Gasteiger partial charge >= 0.3 is 0 Å². The molecule has 6 rings (SSSR count). The first-order valence-electron chi connectivity index (χ1n) is 17.1. The van der Waals surface area contributed by atoms with Crippen LogP contribution in [-0.4, -0.2) is 9.13 Å². The first-order chi connectivity index (χ1) is 21.0. The molecule has 0 amide bonds. The van der Waals surface area contributed by atoms with Crippen molar-refractivity contribution >= 4 is 43.6 Å². The van der Waals surface area contributed by atoms with Gasteiger partial charge in [-0.2, -0.15) is 0 Å².